The molecular weight excluding hydrogens is 149 g/mol. The normalized spacial score (nSPS) is 62.2. The van der Waals surface area contributed by atoms with E-state index in [4.69, 9.17) is 11.8 Å². The van der Waals surface area contributed by atoms with Gasteiger partial charge in [-0.15, -0.1) is 0 Å². The molecule has 3 unspecified atom stereocenters. The Balaban J connectivity index is 2.91. The molecule has 0 saturated heterocycles. The molecule has 2 heterocycles. The molecular formula is C2H3P3S. The summed E-state index contributed by atoms with van der Waals surface area (Å²) in [6.07, 6.45) is 0. The van der Waals surface area contributed by atoms with Gasteiger partial charge in [-0.05, 0) is 27.3 Å². The highest BCUT2D eigenvalue weighted by Crippen LogP contribution is 2.96. The first-order valence-corrected chi connectivity index (χ1v) is 7.76. The van der Waals surface area contributed by atoms with E-state index in [1.54, 1.807) is 7.87 Å². The summed E-state index contributed by atoms with van der Waals surface area (Å²) in [5.41, 5.74) is 0. The standard InChI is InChI=1S/C2H3P3S/c1-2-3-4(2)5(2)6/h1H3. The van der Waals surface area contributed by atoms with Crippen molar-refractivity contribution in [2.24, 2.45) is 0 Å². The molecule has 2 rings (SSSR count). The average Bonchev–Trinajstić information content (AvgIpc) is 2.24. The minimum absolute atomic E-state index is 0.219. The highest BCUT2D eigenvalue weighted by atomic mass is 32.6. The van der Waals surface area contributed by atoms with Gasteiger partial charge in [0.2, 0.25) is 0 Å². The molecule has 3 atom stereocenters. The summed E-state index contributed by atoms with van der Waals surface area (Å²) >= 11 is 5.10. The van der Waals surface area contributed by atoms with Crippen LogP contribution in [0.1, 0.15) is 6.92 Å². The van der Waals surface area contributed by atoms with Crippen molar-refractivity contribution in [2.45, 2.75) is 11.6 Å². The lowest BCUT2D eigenvalue weighted by Crippen LogP contribution is -1.67. The molecule has 0 nitrogen and oxygen atoms in total. The predicted octanol–water partition coefficient (Wildman–Crippen LogP) is 2.89. The van der Waals surface area contributed by atoms with Crippen molar-refractivity contribution in [3.8, 4) is 0 Å². The van der Waals surface area contributed by atoms with Crippen LogP contribution in [-0.4, -0.2) is 4.64 Å². The second-order valence-corrected chi connectivity index (χ2v) is 13.8. The molecule has 0 amide bonds. The molecule has 2 aliphatic heterocycles. The second kappa shape index (κ2) is 0.805. The van der Waals surface area contributed by atoms with Crippen molar-refractivity contribution in [3.63, 3.8) is 0 Å². The highest BCUT2D eigenvalue weighted by molar-refractivity contribution is 8.57. The van der Waals surface area contributed by atoms with Gasteiger partial charge >= 0.3 is 0 Å². The SMILES string of the molecule is CC12P=P1=P2=S. The quantitative estimate of drug-likeness (QED) is 0.481. The van der Waals surface area contributed by atoms with E-state index >= 15 is 0 Å². The molecule has 6 heavy (non-hydrogen) atoms. The molecule has 0 bridgehead atoms. The maximum atomic E-state index is 5.10. The third kappa shape index (κ3) is 0.265. The Morgan fingerprint density at radius 1 is 1.83 bits per heavy atom. The Morgan fingerprint density at radius 3 is 2.17 bits per heavy atom. The van der Waals surface area contributed by atoms with E-state index < -0.39 is 0 Å². The molecule has 0 fully saturated rings. The zero-order valence-electron chi connectivity index (χ0n) is 3.25. The zero-order chi connectivity index (χ0) is 4.36. The molecule has 0 aromatic carbocycles. The van der Waals surface area contributed by atoms with Crippen LogP contribution < -0.4 is 0 Å². The van der Waals surface area contributed by atoms with Crippen LogP contribution in [0.5, 0.6) is 0 Å². The van der Waals surface area contributed by atoms with Crippen LogP contribution in [-0.2, 0) is 11.8 Å². The first kappa shape index (κ1) is 4.04. The summed E-state index contributed by atoms with van der Waals surface area (Å²) in [6, 6.07) is 0. The predicted molar refractivity (Wildman–Crippen MR) is 36.5 cm³/mol. The van der Waals surface area contributed by atoms with E-state index in [2.05, 4.69) is 6.92 Å². The third-order valence-electron chi connectivity index (χ3n) is 1.12. The van der Waals surface area contributed by atoms with Crippen LogP contribution in [0.15, 0.2) is 0 Å². The first-order valence-electron chi connectivity index (χ1n) is 1.75. The molecule has 0 spiro atoms. The van der Waals surface area contributed by atoms with Crippen LogP contribution in [0.2, 0.25) is 0 Å². The first-order chi connectivity index (χ1) is 2.75. The second-order valence-electron chi connectivity index (χ2n) is 1.63. The number of fused-ring (bicyclic) bond motifs is 1. The van der Waals surface area contributed by atoms with Gasteiger partial charge in [0.1, 0.15) is 4.64 Å². The third-order valence-corrected chi connectivity index (χ3v) is 19.7. The molecule has 0 N–H and O–H groups in total. The Hall–Kier alpha value is 1.12. The lowest BCUT2D eigenvalue weighted by molar-refractivity contribution is 1.38. The van der Waals surface area contributed by atoms with Crippen LogP contribution in [0.3, 0.4) is 0 Å². The van der Waals surface area contributed by atoms with Crippen molar-refractivity contribution in [2.75, 3.05) is 0 Å². The van der Waals surface area contributed by atoms with Crippen molar-refractivity contribution < 1.29 is 0 Å². The Kier molecular flexibility index (Phi) is 0.542. The van der Waals surface area contributed by atoms with E-state index in [-0.39, 0.29) is 5.98 Å². The van der Waals surface area contributed by atoms with E-state index in [1.807, 2.05) is 0 Å². The van der Waals surface area contributed by atoms with Crippen LogP contribution in [0.4, 0.5) is 0 Å². The monoisotopic (exact) mass is 152 g/mol. The van der Waals surface area contributed by atoms with Gasteiger partial charge in [0.25, 0.3) is 0 Å². The topological polar surface area (TPSA) is 0 Å². The average molecular weight is 152 g/mol. The Morgan fingerprint density at radius 2 is 2.17 bits per heavy atom. The van der Waals surface area contributed by atoms with Crippen molar-refractivity contribution >= 4 is 32.2 Å². The van der Waals surface area contributed by atoms with Gasteiger partial charge in [-0.25, -0.2) is 0 Å². The van der Waals surface area contributed by atoms with Gasteiger partial charge in [0, 0.05) is 0 Å². The summed E-state index contributed by atoms with van der Waals surface area (Å²) in [5, 5.41) is 0. The summed E-state index contributed by atoms with van der Waals surface area (Å²) in [6.45, 7) is 2.84. The fraction of sp³-hybridized carbons (Fsp3) is 1.00. The van der Waals surface area contributed by atoms with Gasteiger partial charge in [-0.1, -0.05) is 11.8 Å². The van der Waals surface area contributed by atoms with Gasteiger partial charge in [0.15, 0.2) is 0 Å². The molecule has 2 aliphatic rings. The van der Waals surface area contributed by atoms with Crippen molar-refractivity contribution in [1.29, 1.82) is 0 Å². The maximum absolute atomic E-state index is 5.10. The summed E-state index contributed by atoms with van der Waals surface area (Å²) in [5.74, 6) is 0.219. The number of rotatable bonds is 0. The van der Waals surface area contributed by atoms with E-state index in [0.29, 0.717) is 6.50 Å². The maximum Gasteiger partial charge on any atom is 0.110 e. The van der Waals surface area contributed by atoms with Gasteiger partial charge in [-0.2, -0.15) is 0 Å². The van der Waals surface area contributed by atoms with Crippen LogP contribution >= 0.6 is 20.3 Å². The van der Waals surface area contributed by atoms with Gasteiger partial charge < -0.3 is 0 Å². The summed E-state index contributed by atoms with van der Waals surface area (Å²) in [4.78, 5) is 0. The lowest BCUT2D eigenvalue weighted by atomic mass is 10.9. The van der Waals surface area contributed by atoms with Crippen molar-refractivity contribution in [1.82, 2.24) is 0 Å². The number of hydrogen-bond donors (Lipinski definition) is 0. The minimum Gasteiger partial charge on any atom is -0.0562 e. The summed E-state index contributed by atoms with van der Waals surface area (Å²) in [7, 11) is 1.72. The molecule has 0 aromatic heterocycles. The minimum atomic E-state index is 0.219. The largest absolute Gasteiger partial charge is 0.110 e. The van der Waals surface area contributed by atoms with E-state index in [0.717, 1.165) is 4.64 Å². The van der Waals surface area contributed by atoms with Crippen LogP contribution in [0.25, 0.3) is 0 Å². The van der Waals surface area contributed by atoms with Crippen molar-refractivity contribution in [3.05, 3.63) is 0 Å². The van der Waals surface area contributed by atoms with E-state index in [9.17, 15) is 0 Å². The van der Waals surface area contributed by atoms with Gasteiger partial charge in [0.05, 0.1) is 0 Å². The van der Waals surface area contributed by atoms with E-state index in [1.165, 1.54) is 0 Å². The fourth-order valence-electron chi connectivity index (χ4n) is 0.451. The molecule has 0 aromatic rings. The highest BCUT2D eigenvalue weighted by Gasteiger charge is 2.50. The molecule has 0 aliphatic carbocycles. The fourth-order valence-corrected chi connectivity index (χ4v) is 17.5. The number of hydrogen-bond acceptors (Lipinski definition) is 1. The molecule has 0 saturated carbocycles. The van der Waals surface area contributed by atoms with Crippen LogP contribution in [0, 0.1) is 0 Å². The zero-order valence-corrected chi connectivity index (χ0v) is 6.75. The Labute approximate surface area is 44.2 Å². The molecule has 4 heteroatoms. The summed E-state index contributed by atoms with van der Waals surface area (Å²) < 4.78 is 0.792. The van der Waals surface area contributed by atoms with Gasteiger partial charge in [-0.3, -0.25) is 0 Å². The Bertz CT molecular complexity index is 232. The molecule has 0 radical (unpaired) electrons. The smallest absolute Gasteiger partial charge is 0.0562 e. The molecule has 32 valence electrons. The lowest BCUT2D eigenvalue weighted by Gasteiger charge is -1.75.